The Morgan fingerprint density at radius 1 is 1.12 bits per heavy atom. The first-order valence-corrected chi connectivity index (χ1v) is 9.51. The molecule has 0 unspecified atom stereocenters. The average molecular weight is 357 g/mol. The van der Waals surface area contributed by atoms with Crippen molar-refractivity contribution in [2.24, 2.45) is 0 Å². The van der Waals surface area contributed by atoms with Gasteiger partial charge in [0, 0.05) is 10.6 Å². The molecule has 0 saturated carbocycles. The summed E-state index contributed by atoms with van der Waals surface area (Å²) in [4.78, 5) is 26.3. The Morgan fingerprint density at radius 3 is 2.60 bits per heavy atom. The van der Waals surface area contributed by atoms with Gasteiger partial charge in [0.25, 0.3) is 5.91 Å². The fourth-order valence-electron chi connectivity index (χ4n) is 3.16. The molecule has 132 valence electrons. The van der Waals surface area contributed by atoms with Crippen molar-refractivity contribution in [3.63, 3.8) is 0 Å². The second-order valence-electron chi connectivity index (χ2n) is 6.51. The molecule has 4 nitrogen and oxygen atoms in total. The van der Waals surface area contributed by atoms with Gasteiger partial charge in [-0.1, -0.05) is 24.6 Å². The number of hydrogen-bond acceptors (Lipinski definition) is 4. The number of hydrogen-bond donors (Lipinski definition) is 1. The number of para-hydroxylation sites is 1. The van der Waals surface area contributed by atoms with E-state index in [9.17, 15) is 9.59 Å². The summed E-state index contributed by atoms with van der Waals surface area (Å²) >= 11 is 1.51. The first kappa shape index (κ1) is 17.7. The normalized spacial score (nSPS) is 13.7. The van der Waals surface area contributed by atoms with Gasteiger partial charge in [0.05, 0.1) is 0 Å². The molecule has 1 amide bonds. The van der Waals surface area contributed by atoms with Crippen LogP contribution in [0, 0.1) is 13.8 Å². The molecule has 0 atom stereocenters. The number of anilines is 1. The summed E-state index contributed by atoms with van der Waals surface area (Å²) in [7, 11) is 0. The monoisotopic (exact) mass is 357 g/mol. The third kappa shape index (κ3) is 4.28. The predicted molar refractivity (Wildman–Crippen MR) is 100 cm³/mol. The van der Waals surface area contributed by atoms with Crippen LogP contribution in [0.5, 0.6) is 0 Å². The van der Waals surface area contributed by atoms with E-state index < -0.39 is 5.97 Å². The van der Waals surface area contributed by atoms with Gasteiger partial charge in [0.15, 0.2) is 6.61 Å². The van der Waals surface area contributed by atoms with Crippen LogP contribution in [0.2, 0.25) is 0 Å². The highest BCUT2D eigenvalue weighted by molar-refractivity contribution is 7.14. The maximum atomic E-state index is 12.2. The number of rotatable bonds is 4. The van der Waals surface area contributed by atoms with Crippen molar-refractivity contribution in [2.75, 3.05) is 11.9 Å². The fourth-order valence-corrected chi connectivity index (χ4v) is 4.30. The maximum absolute atomic E-state index is 12.2. The van der Waals surface area contributed by atoms with Gasteiger partial charge in [0.2, 0.25) is 0 Å². The lowest BCUT2D eigenvalue weighted by atomic mass is 10.1. The van der Waals surface area contributed by atoms with Gasteiger partial charge in [0.1, 0.15) is 4.88 Å². The standard InChI is InChI=1S/C20H23NO3S/c1-13-7-6-8-14(2)19(13)21-18(22)12-24-20(23)17-11-15-9-4-3-5-10-16(15)25-17/h6-8,11H,3-5,9-10,12H2,1-2H3,(H,21,22). The SMILES string of the molecule is Cc1cccc(C)c1NC(=O)COC(=O)c1cc2c(s1)CCCCC2. The van der Waals surface area contributed by atoms with E-state index in [1.165, 1.54) is 41.0 Å². The van der Waals surface area contributed by atoms with Gasteiger partial charge in [-0.2, -0.15) is 0 Å². The molecule has 0 radical (unpaired) electrons. The van der Waals surface area contributed by atoms with Crippen molar-refractivity contribution >= 4 is 28.9 Å². The molecule has 0 bridgehead atoms. The van der Waals surface area contributed by atoms with E-state index in [4.69, 9.17) is 4.74 Å². The number of nitrogens with one attached hydrogen (secondary N) is 1. The maximum Gasteiger partial charge on any atom is 0.348 e. The molecule has 1 aliphatic rings. The largest absolute Gasteiger partial charge is 0.451 e. The van der Waals surface area contributed by atoms with Crippen LogP contribution in [0.3, 0.4) is 0 Å². The zero-order valence-corrected chi connectivity index (χ0v) is 15.5. The third-order valence-electron chi connectivity index (χ3n) is 4.53. The van der Waals surface area contributed by atoms with Gasteiger partial charge in [-0.15, -0.1) is 11.3 Å². The number of thiophene rings is 1. The summed E-state index contributed by atoms with van der Waals surface area (Å²) in [6.07, 6.45) is 5.68. The summed E-state index contributed by atoms with van der Waals surface area (Å²) < 4.78 is 5.21. The van der Waals surface area contributed by atoms with Crippen molar-refractivity contribution in [1.82, 2.24) is 0 Å². The van der Waals surface area contributed by atoms with E-state index >= 15 is 0 Å². The Kier molecular flexibility index (Phi) is 5.53. The molecule has 25 heavy (non-hydrogen) atoms. The van der Waals surface area contributed by atoms with E-state index in [-0.39, 0.29) is 12.5 Å². The number of carbonyl (C=O) groups is 2. The first-order chi connectivity index (χ1) is 12.0. The molecule has 1 aromatic carbocycles. The van der Waals surface area contributed by atoms with Gasteiger partial charge in [-0.05, 0) is 62.3 Å². The lowest BCUT2D eigenvalue weighted by Crippen LogP contribution is -2.21. The molecule has 2 aromatic rings. The second kappa shape index (κ2) is 7.83. The van der Waals surface area contributed by atoms with Gasteiger partial charge in [-0.3, -0.25) is 4.79 Å². The quantitative estimate of drug-likeness (QED) is 0.650. The minimum atomic E-state index is -0.408. The Bertz CT molecular complexity index is 750. The highest BCUT2D eigenvalue weighted by Gasteiger charge is 2.18. The average Bonchev–Trinajstić information content (AvgIpc) is 2.87. The minimum absolute atomic E-state index is 0.269. The third-order valence-corrected chi connectivity index (χ3v) is 5.74. The van der Waals surface area contributed by atoms with Crippen LogP contribution in [-0.2, 0) is 22.4 Å². The number of benzene rings is 1. The van der Waals surface area contributed by atoms with Crippen molar-refractivity contribution in [2.45, 2.75) is 46.0 Å². The molecule has 0 saturated heterocycles. The van der Waals surface area contributed by atoms with Crippen molar-refractivity contribution in [1.29, 1.82) is 0 Å². The Balaban J connectivity index is 1.58. The number of amides is 1. The molecule has 0 aliphatic heterocycles. The predicted octanol–water partition coefficient (Wildman–Crippen LogP) is 4.43. The lowest BCUT2D eigenvalue weighted by Gasteiger charge is -2.11. The lowest BCUT2D eigenvalue weighted by molar-refractivity contribution is -0.119. The molecular weight excluding hydrogens is 334 g/mol. The number of aryl methyl sites for hydroxylation is 4. The number of ether oxygens (including phenoxy) is 1. The van der Waals surface area contributed by atoms with Crippen LogP contribution in [0.25, 0.3) is 0 Å². The molecule has 1 aromatic heterocycles. The topological polar surface area (TPSA) is 55.4 Å². The summed E-state index contributed by atoms with van der Waals surface area (Å²) in [5.74, 6) is -0.724. The zero-order valence-electron chi connectivity index (χ0n) is 14.7. The smallest absolute Gasteiger partial charge is 0.348 e. The Morgan fingerprint density at radius 2 is 1.84 bits per heavy atom. The van der Waals surface area contributed by atoms with Crippen LogP contribution in [0.15, 0.2) is 24.3 Å². The van der Waals surface area contributed by atoms with Crippen LogP contribution in [-0.4, -0.2) is 18.5 Å². The molecular formula is C20H23NO3S. The van der Waals surface area contributed by atoms with Crippen molar-refractivity contribution < 1.29 is 14.3 Å². The van der Waals surface area contributed by atoms with Crippen LogP contribution < -0.4 is 5.32 Å². The fraction of sp³-hybridized carbons (Fsp3) is 0.400. The molecule has 0 fully saturated rings. The minimum Gasteiger partial charge on any atom is -0.451 e. The van der Waals surface area contributed by atoms with E-state index in [1.807, 2.05) is 38.1 Å². The van der Waals surface area contributed by atoms with Gasteiger partial charge in [-0.25, -0.2) is 4.79 Å². The van der Waals surface area contributed by atoms with Gasteiger partial charge < -0.3 is 10.1 Å². The molecule has 1 N–H and O–H groups in total. The van der Waals surface area contributed by atoms with E-state index in [0.29, 0.717) is 4.88 Å². The van der Waals surface area contributed by atoms with E-state index in [2.05, 4.69) is 5.32 Å². The summed E-state index contributed by atoms with van der Waals surface area (Å²) in [6, 6.07) is 7.76. The molecule has 5 heteroatoms. The number of fused-ring (bicyclic) bond motifs is 1. The molecule has 1 heterocycles. The zero-order chi connectivity index (χ0) is 17.8. The highest BCUT2D eigenvalue weighted by atomic mass is 32.1. The van der Waals surface area contributed by atoms with Crippen LogP contribution >= 0.6 is 11.3 Å². The first-order valence-electron chi connectivity index (χ1n) is 8.69. The molecule has 3 rings (SSSR count). The van der Waals surface area contributed by atoms with Crippen molar-refractivity contribution in [3.05, 3.63) is 50.7 Å². The van der Waals surface area contributed by atoms with Crippen LogP contribution in [0.4, 0.5) is 5.69 Å². The number of esters is 1. The molecule has 0 spiro atoms. The number of carbonyl (C=O) groups excluding carboxylic acids is 2. The van der Waals surface area contributed by atoms with Crippen LogP contribution in [0.1, 0.15) is 50.5 Å². The summed E-state index contributed by atoms with van der Waals surface area (Å²) in [5, 5.41) is 2.83. The van der Waals surface area contributed by atoms with Gasteiger partial charge >= 0.3 is 5.97 Å². The highest BCUT2D eigenvalue weighted by Crippen LogP contribution is 2.29. The Hall–Kier alpha value is -2.14. The van der Waals surface area contributed by atoms with E-state index in [0.717, 1.165) is 29.7 Å². The Labute approximate surface area is 152 Å². The summed E-state index contributed by atoms with van der Waals surface area (Å²) in [5.41, 5.74) is 4.03. The molecule has 1 aliphatic carbocycles. The van der Waals surface area contributed by atoms with E-state index in [1.54, 1.807) is 0 Å². The summed E-state index contributed by atoms with van der Waals surface area (Å²) in [6.45, 7) is 3.61. The van der Waals surface area contributed by atoms with Crippen molar-refractivity contribution in [3.8, 4) is 0 Å². The second-order valence-corrected chi connectivity index (χ2v) is 7.65.